The Kier molecular flexibility index (Phi) is 11.6. The van der Waals surface area contributed by atoms with Crippen LogP contribution in [0.2, 0.25) is 0 Å². The Balaban J connectivity index is 2.95. The first-order valence-electron chi connectivity index (χ1n) is 10.3. The Labute approximate surface area is 194 Å². The third-order valence-corrected chi connectivity index (χ3v) is 5.71. The summed E-state index contributed by atoms with van der Waals surface area (Å²) in [6.45, 7) is 0.217. The van der Waals surface area contributed by atoms with Crippen LogP contribution >= 0.6 is 11.8 Å². The van der Waals surface area contributed by atoms with Crippen LogP contribution in [-0.4, -0.2) is 98.6 Å². The van der Waals surface area contributed by atoms with Gasteiger partial charge in [-0.15, -0.1) is 0 Å². The molecule has 0 aromatic carbocycles. The zero-order valence-electron chi connectivity index (χ0n) is 18.2. The van der Waals surface area contributed by atoms with Crippen LogP contribution in [0.25, 0.3) is 0 Å². The number of carboxylic acid groups (broad SMARTS) is 3. The average molecular weight is 491 g/mol. The zero-order chi connectivity index (χ0) is 25.1. The highest BCUT2D eigenvalue weighted by Gasteiger charge is 2.38. The minimum atomic E-state index is -1.57. The molecule has 0 spiro atoms. The number of nitrogens with zero attached hydrogens (tertiary/aromatic N) is 1. The van der Waals surface area contributed by atoms with E-state index in [2.05, 4.69) is 10.6 Å². The monoisotopic (exact) mass is 490 g/mol. The third kappa shape index (κ3) is 9.26. The number of thioether (sulfide) groups is 1. The summed E-state index contributed by atoms with van der Waals surface area (Å²) in [7, 11) is 0. The smallest absolute Gasteiger partial charge is 0.326 e. The molecule has 13 nitrogen and oxygen atoms in total. The molecule has 0 saturated carbocycles. The van der Waals surface area contributed by atoms with Gasteiger partial charge in [-0.1, -0.05) is 0 Å². The summed E-state index contributed by atoms with van der Waals surface area (Å²) < 4.78 is 0. The van der Waals surface area contributed by atoms with Gasteiger partial charge < -0.3 is 36.6 Å². The molecule has 0 aromatic rings. The fourth-order valence-electron chi connectivity index (χ4n) is 3.33. The lowest BCUT2D eigenvalue weighted by Crippen LogP contribution is -2.57. The summed E-state index contributed by atoms with van der Waals surface area (Å²) in [6, 6.07) is -4.96. The van der Waals surface area contributed by atoms with E-state index in [0.29, 0.717) is 12.2 Å². The summed E-state index contributed by atoms with van der Waals surface area (Å²) in [4.78, 5) is 72.5. The third-order valence-electron chi connectivity index (χ3n) is 5.06. The lowest BCUT2D eigenvalue weighted by molar-refractivity contribution is -0.149. The van der Waals surface area contributed by atoms with Gasteiger partial charge in [-0.3, -0.25) is 24.0 Å². The van der Waals surface area contributed by atoms with Gasteiger partial charge in [-0.25, -0.2) is 4.79 Å². The molecule has 1 saturated heterocycles. The van der Waals surface area contributed by atoms with Crippen molar-refractivity contribution in [2.45, 2.75) is 62.7 Å². The SMILES string of the molecule is CSCCC(NC(=O)C(CC(=O)O)NC(=O)C(N)CCC(=O)O)C(=O)N1CCCC1C(=O)O. The van der Waals surface area contributed by atoms with E-state index in [1.165, 1.54) is 16.7 Å². The minimum Gasteiger partial charge on any atom is -0.481 e. The summed E-state index contributed by atoms with van der Waals surface area (Å²) in [6.07, 6.45) is 1.33. The van der Waals surface area contributed by atoms with Gasteiger partial charge in [0.05, 0.1) is 12.5 Å². The summed E-state index contributed by atoms with van der Waals surface area (Å²) in [5, 5.41) is 31.8. The topological polar surface area (TPSA) is 216 Å². The molecule has 186 valence electrons. The molecule has 1 rings (SSSR count). The normalized spacial score (nSPS) is 18.1. The van der Waals surface area contributed by atoms with Crippen LogP contribution in [0.4, 0.5) is 0 Å². The maximum atomic E-state index is 13.0. The number of carbonyl (C=O) groups is 6. The van der Waals surface area contributed by atoms with Crippen LogP contribution in [0.3, 0.4) is 0 Å². The minimum absolute atomic E-state index is 0.167. The van der Waals surface area contributed by atoms with Gasteiger partial charge in [-0.05, 0) is 37.7 Å². The molecule has 14 heteroatoms. The molecule has 3 amide bonds. The quantitative estimate of drug-likeness (QED) is 0.164. The molecule has 0 aromatic heterocycles. The van der Waals surface area contributed by atoms with E-state index < -0.39 is 72.6 Å². The van der Waals surface area contributed by atoms with Gasteiger partial charge >= 0.3 is 17.9 Å². The first-order valence-corrected chi connectivity index (χ1v) is 11.7. The van der Waals surface area contributed by atoms with Crippen molar-refractivity contribution in [1.82, 2.24) is 15.5 Å². The molecule has 0 radical (unpaired) electrons. The predicted octanol–water partition coefficient (Wildman–Crippen LogP) is -1.55. The largest absolute Gasteiger partial charge is 0.481 e. The van der Waals surface area contributed by atoms with E-state index in [1.807, 2.05) is 0 Å². The maximum absolute atomic E-state index is 13.0. The number of hydrogen-bond acceptors (Lipinski definition) is 8. The number of aliphatic carboxylic acids is 3. The Bertz CT molecular complexity index is 764. The van der Waals surface area contributed by atoms with Crippen molar-refractivity contribution >= 4 is 47.4 Å². The number of nitrogens with one attached hydrogen (secondary N) is 2. The number of carbonyl (C=O) groups excluding carboxylic acids is 3. The molecular weight excluding hydrogens is 460 g/mol. The molecule has 7 N–H and O–H groups in total. The van der Waals surface area contributed by atoms with Crippen LogP contribution in [0.1, 0.15) is 38.5 Å². The first-order chi connectivity index (χ1) is 15.5. The number of rotatable bonds is 14. The van der Waals surface area contributed by atoms with Gasteiger partial charge in [-0.2, -0.15) is 11.8 Å². The van der Waals surface area contributed by atoms with E-state index in [1.54, 1.807) is 6.26 Å². The van der Waals surface area contributed by atoms with Crippen molar-refractivity contribution < 1.29 is 44.1 Å². The average Bonchev–Trinajstić information content (AvgIpc) is 3.23. The van der Waals surface area contributed by atoms with Gasteiger partial charge in [0.25, 0.3) is 0 Å². The molecule has 4 atom stereocenters. The van der Waals surface area contributed by atoms with Crippen LogP contribution in [0, 0.1) is 0 Å². The summed E-state index contributed by atoms with van der Waals surface area (Å²) >= 11 is 1.40. The molecule has 1 heterocycles. The lowest BCUT2D eigenvalue weighted by atomic mass is 10.1. The second-order valence-corrected chi connectivity index (χ2v) is 8.55. The Morgan fingerprint density at radius 1 is 1.00 bits per heavy atom. The number of amides is 3. The van der Waals surface area contributed by atoms with E-state index in [-0.39, 0.29) is 25.8 Å². The van der Waals surface area contributed by atoms with Crippen molar-refractivity contribution in [2.24, 2.45) is 5.73 Å². The van der Waals surface area contributed by atoms with Crippen molar-refractivity contribution in [3.8, 4) is 0 Å². The Hall–Kier alpha value is -2.87. The fraction of sp³-hybridized carbons (Fsp3) is 0.684. The van der Waals surface area contributed by atoms with Crippen molar-refractivity contribution in [3.63, 3.8) is 0 Å². The van der Waals surface area contributed by atoms with Crippen LogP contribution in [0.15, 0.2) is 0 Å². The number of carboxylic acids is 3. The molecule has 1 fully saturated rings. The fourth-order valence-corrected chi connectivity index (χ4v) is 3.80. The number of nitrogens with two attached hydrogens (primary N) is 1. The van der Waals surface area contributed by atoms with Crippen LogP contribution < -0.4 is 16.4 Å². The van der Waals surface area contributed by atoms with E-state index in [4.69, 9.17) is 15.9 Å². The maximum Gasteiger partial charge on any atom is 0.326 e. The number of hydrogen-bond donors (Lipinski definition) is 6. The molecule has 0 bridgehead atoms. The predicted molar refractivity (Wildman–Crippen MR) is 116 cm³/mol. The highest BCUT2D eigenvalue weighted by molar-refractivity contribution is 7.98. The molecule has 4 unspecified atom stereocenters. The lowest BCUT2D eigenvalue weighted by Gasteiger charge is -2.28. The second-order valence-electron chi connectivity index (χ2n) is 7.57. The summed E-state index contributed by atoms with van der Waals surface area (Å²) in [5.74, 6) is -5.71. The Morgan fingerprint density at radius 2 is 1.64 bits per heavy atom. The van der Waals surface area contributed by atoms with E-state index >= 15 is 0 Å². The first kappa shape index (κ1) is 28.2. The van der Waals surface area contributed by atoms with Crippen LogP contribution in [0.5, 0.6) is 0 Å². The standard InChI is InChI=1S/C19H30N4O9S/c1-33-8-6-11(18(30)23-7-2-3-13(23)19(31)32)21-17(29)12(9-15(26)27)22-16(28)10(20)4-5-14(24)25/h10-13H,2-9,20H2,1H3,(H,21,29)(H,22,28)(H,24,25)(H,26,27)(H,31,32). The van der Waals surface area contributed by atoms with Gasteiger partial charge in [0.2, 0.25) is 17.7 Å². The van der Waals surface area contributed by atoms with Gasteiger partial charge in [0.15, 0.2) is 0 Å². The molecule has 33 heavy (non-hydrogen) atoms. The molecule has 1 aliphatic rings. The second kappa shape index (κ2) is 13.6. The van der Waals surface area contributed by atoms with Gasteiger partial charge in [0, 0.05) is 13.0 Å². The van der Waals surface area contributed by atoms with E-state index in [9.17, 15) is 33.9 Å². The molecule has 0 aliphatic carbocycles. The van der Waals surface area contributed by atoms with Crippen molar-refractivity contribution in [1.29, 1.82) is 0 Å². The van der Waals surface area contributed by atoms with Gasteiger partial charge in [0.1, 0.15) is 18.1 Å². The number of likely N-dealkylation sites (tertiary alicyclic amines) is 1. The van der Waals surface area contributed by atoms with Crippen LogP contribution in [-0.2, 0) is 28.8 Å². The van der Waals surface area contributed by atoms with E-state index in [0.717, 1.165) is 0 Å². The van der Waals surface area contributed by atoms with Crippen molar-refractivity contribution in [3.05, 3.63) is 0 Å². The Morgan fingerprint density at radius 3 is 2.18 bits per heavy atom. The highest BCUT2D eigenvalue weighted by atomic mass is 32.2. The van der Waals surface area contributed by atoms with Crippen molar-refractivity contribution in [2.75, 3.05) is 18.6 Å². The zero-order valence-corrected chi connectivity index (χ0v) is 19.0. The molecule has 1 aliphatic heterocycles. The summed E-state index contributed by atoms with van der Waals surface area (Å²) in [5.41, 5.74) is 5.61. The molecular formula is C19H30N4O9S. The highest BCUT2D eigenvalue weighted by Crippen LogP contribution is 2.19.